The largest absolute Gasteiger partial charge is 0.337 e. The molecule has 0 radical (unpaired) electrons. The molecule has 0 bridgehead atoms. The molecule has 10 heteroatoms. The molecule has 0 fully saturated rings. The summed E-state index contributed by atoms with van der Waals surface area (Å²) in [7, 11) is 1.62. The molecule has 0 aliphatic carbocycles. The van der Waals surface area contributed by atoms with Gasteiger partial charge in [-0.25, -0.2) is 9.78 Å². The minimum atomic E-state index is -0.335. The van der Waals surface area contributed by atoms with E-state index in [1.54, 1.807) is 32.3 Å². The summed E-state index contributed by atoms with van der Waals surface area (Å²) in [5.41, 5.74) is 0.610. The van der Waals surface area contributed by atoms with Crippen molar-refractivity contribution in [1.29, 1.82) is 0 Å². The summed E-state index contributed by atoms with van der Waals surface area (Å²) in [5.74, 6) is 1.32. The molecule has 9 nitrogen and oxygen atoms in total. The molecule has 23 heavy (non-hydrogen) atoms. The SMILES string of the molecule is Cc1nsc(NC(=O)N(C)Cc2nc(-c3ccccn3)no2)n1. The second-order valence-corrected chi connectivity index (χ2v) is 5.41. The van der Waals surface area contributed by atoms with Crippen LogP contribution in [-0.2, 0) is 6.54 Å². The second-order valence-electron chi connectivity index (χ2n) is 4.66. The van der Waals surface area contributed by atoms with Crippen molar-refractivity contribution in [3.63, 3.8) is 0 Å². The van der Waals surface area contributed by atoms with E-state index in [1.807, 2.05) is 6.07 Å². The van der Waals surface area contributed by atoms with Crippen LogP contribution in [0.1, 0.15) is 11.7 Å². The lowest BCUT2D eigenvalue weighted by atomic mass is 10.3. The maximum absolute atomic E-state index is 12.1. The van der Waals surface area contributed by atoms with Crippen molar-refractivity contribution in [3.8, 4) is 11.5 Å². The summed E-state index contributed by atoms with van der Waals surface area (Å²) in [6.45, 7) is 1.93. The van der Waals surface area contributed by atoms with Gasteiger partial charge in [-0.05, 0) is 19.1 Å². The molecular weight excluding hydrogens is 318 g/mol. The molecule has 0 saturated heterocycles. The predicted octanol–water partition coefficient (Wildman–Crippen LogP) is 1.96. The zero-order chi connectivity index (χ0) is 16.2. The fourth-order valence-corrected chi connectivity index (χ4v) is 2.29. The van der Waals surface area contributed by atoms with Crippen molar-refractivity contribution in [2.75, 3.05) is 12.4 Å². The molecular formula is C13H13N7O2S. The summed E-state index contributed by atoms with van der Waals surface area (Å²) in [6.07, 6.45) is 1.65. The lowest BCUT2D eigenvalue weighted by molar-refractivity contribution is 0.213. The van der Waals surface area contributed by atoms with Gasteiger partial charge in [-0.2, -0.15) is 9.36 Å². The Morgan fingerprint density at radius 3 is 2.96 bits per heavy atom. The van der Waals surface area contributed by atoms with Crippen LogP contribution in [0.4, 0.5) is 9.93 Å². The maximum atomic E-state index is 12.1. The molecule has 3 heterocycles. The standard InChI is InChI=1S/C13H13N7O2S/c1-8-15-12(23-19-8)17-13(21)20(2)7-10-16-11(18-22-10)9-5-3-4-6-14-9/h3-6H,7H2,1-2H3,(H,15,17,19,21). The highest BCUT2D eigenvalue weighted by molar-refractivity contribution is 7.09. The minimum absolute atomic E-state index is 0.170. The van der Waals surface area contributed by atoms with Crippen molar-refractivity contribution in [1.82, 2.24) is 29.4 Å². The van der Waals surface area contributed by atoms with Crippen molar-refractivity contribution < 1.29 is 9.32 Å². The lowest BCUT2D eigenvalue weighted by Crippen LogP contribution is -2.30. The van der Waals surface area contributed by atoms with Gasteiger partial charge in [0.25, 0.3) is 0 Å². The summed E-state index contributed by atoms with van der Waals surface area (Å²) < 4.78 is 9.15. The quantitative estimate of drug-likeness (QED) is 0.778. The van der Waals surface area contributed by atoms with Crippen LogP contribution in [0.3, 0.4) is 0 Å². The van der Waals surface area contributed by atoms with E-state index in [4.69, 9.17) is 4.52 Å². The first-order valence-corrected chi connectivity index (χ1v) is 7.45. The molecule has 0 spiro atoms. The summed E-state index contributed by atoms with van der Waals surface area (Å²) in [5, 5.41) is 6.95. The molecule has 118 valence electrons. The average Bonchev–Trinajstić information content (AvgIpc) is 3.17. The van der Waals surface area contributed by atoms with E-state index in [1.165, 1.54) is 4.90 Å². The molecule has 3 aromatic heterocycles. The van der Waals surface area contributed by atoms with Gasteiger partial charge >= 0.3 is 6.03 Å². The van der Waals surface area contributed by atoms with Gasteiger partial charge in [0, 0.05) is 24.8 Å². The van der Waals surface area contributed by atoms with E-state index in [9.17, 15) is 4.79 Å². The number of carbonyl (C=O) groups is 1. The Balaban J connectivity index is 1.62. The summed E-state index contributed by atoms with van der Waals surface area (Å²) >= 11 is 1.12. The van der Waals surface area contributed by atoms with Crippen LogP contribution in [0.15, 0.2) is 28.9 Å². The lowest BCUT2D eigenvalue weighted by Gasteiger charge is -2.13. The van der Waals surface area contributed by atoms with Crippen LogP contribution >= 0.6 is 11.5 Å². The topological polar surface area (TPSA) is 110 Å². The Morgan fingerprint density at radius 1 is 1.39 bits per heavy atom. The molecule has 2 amide bonds. The highest BCUT2D eigenvalue weighted by Crippen LogP contribution is 2.14. The van der Waals surface area contributed by atoms with Gasteiger partial charge in [-0.1, -0.05) is 11.2 Å². The monoisotopic (exact) mass is 331 g/mol. The molecule has 0 atom stereocenters. The van der Waals surface area contributed by atoms with E-state index in [2.05, 4.69) is 29.8 Å². The van der Waals surface area contributed by atoms with E-state index in [-0.39, 0.29) is 12.6 Å². The molecule has 0 aliphatic rings. The number of rotatable bonds is 4. The van der Waals surface area contributed by atoms with Crippen molar-refractivity contribution in [2.24, 2.45) is 0 Å². The third-order valence-corrected chi connectivity index (χ3v) is 3.54. The zero-order valence-corrected chi connectivity index (χ0v) is 13.2. The number of hydrogen-bond donors (Lipinski definition) is 1. The zero-order valence-electron chi connectivity index (χ0n) is 12.4. The first-order chi connectivity index (χ1) is 11.1. The van der Waals surface area contributed by atoms with Crippen LogP contribution < -0.4 is 5.32 Å². The molecule has 0 aromatic carbocycles. The number of urea groups is 1. The number of pyridine rings is 1. The van der Waals surface area contributed by atoms with E-state index < -0.39 is 0 Å². The smallest absolute Gasteiger partial charge is 0.323 e. The predicted molar refractivity (Wildman–Crippen MR) is 82.7 cm³/mol. The van der Waals surface area contributed by atoms with Gasteiger partial charge in [0.05, 0.1) is 0 Å². The van der Waals surface area contributed by atoms with Crippen LogP contribution in [0.25, 0.3) is 11.5 Å². The van der Waals surface area contributed by atoms with Crippen LogP contribution in [-0.4, -0.2) is 42.5 Å². The second kappa shape index (κ2) is 6.48. The summed E-state index contributed by atoms with van der Waals surface area (Å²) in [6, 6.07) is 5.08. The van der Waals surface area contributed by atoms with Gasteiger partial charge in [-0.3, -0.25) is 10.3 Å². The third-order valence-electron chi connectivity index (χ3n) is 2.82. The van der Waals surface area contributed by atoms with Gasteiger partial charge in [0.15, 0.2) is 0 Å². The summed E-state index contributed by atoms with van der Waals surface area (Å²) in [4.78, 5) is 25.9. The number of aromatic nitrogens is 5. The van der Waals surface area contributed by atoms with Gasteiger partial charge < -0.3 is 9.42 Å². The molecule has 3 aromatic rings. The van der Waals surface area contributed by atoms with Gasteiger partial charge in [0.2, 0.25) is 16.8 Å². The van der Waals surface area contributed by atoms with Gasteiger partial charge in [-0.15, -0.1) is 0 Å². The van der Waals surface area contributed by atoms with Crippen LogP contribution in [0.5, 0.6) is 0 Å². The Labute approximate surface area is 135 Å². The Morgan fingerprint density at radius 2 is 2.26 bits per heavy atom. The minimum Gasteiger partial charge on any atom is -0.337 e. The molecule has 0 aliphatic heterocycles. The van der Waals surface area contributed by atoms with Crippen molar-refractivity contribution in [2.45, 2.75) is 13.5 Å². The maximum Gasteiger partial charge on any atom is 0.323 e. The molecule has 1 N–H and O–H groups in total. The molecule has 0 unspecified atom stereocenters. The number of nitrogens with zero attached hydrogens (tertiary/aromatic N) is 6. The normalized spacial score (nSPS) is 10.5. The van der Waals surface area contributed by atoms with Crippen molar-refractivity contribution in [3.05, 3.63) is 36.1 Å². The highest BCUT2D eigenvalue weighted by atomic mass is 32.1. The van der Waals surface area contributed by atoms with E-state index >= 15 is 0 Å². The average molecular weight is 331 g/mol. The van der Waals surface area contributed by atoms with Crippen LogP contribution in [0, 0.1) is 6.92 Å². The Kier molecular flexibility index (Phi) is 4.24. The molecule has 3 rings (SSSR count). The Hall–Kier alpha value is -2.88. The number of nitrogens with one attached hydrogen (secondary N) is 1. The highest BCUT2D eigenvalue weighted by Gasteiger charge is 2.16. The van der Waals surface area contributed by atoms with Crippen LogP contribution in [0.2, 0.25) is 0 Å². The fourth-order valence-electron chi connectivity index (χ4n) is 1.73. The van der Waals surface area contributed by atoms with Crippen molar-refractivity contribution >= 4 is 22.7 Å². The first-order valence-electron chi connectivity index (χ1n) is 6.68. The number of carbonyl (C=O) groups excluding carboxylic acids is 1. The Bertz CT molecular complexity index is 802. The number of aryl methyl sites for hydroxylation is 1. The van der Waals surface area contributed by atoms with E-state index in [0.717, 1.165) is 11.5 Å². The number of anilines is 1. The number of amides is 2. The first kappa shape index (κ1) is 15.0. The van der Waals surface area contributed by atoms with E-state index in [0.29, 0.717) is 28.4 Å². The fraction of sp³-hybridized carbons (Fsp3) is 0.231. The number of hydrogen-bond acceptors (Lipinski definition) is 8. The third kappa shape index (κ3) is 3.66. The molecule has 0 saturated carbocycles. The van der Waals surface area contributed by atoms with Gasteiger partial charge in [0.1, 0.15) is 18.1 Å².